The van der Waals surface area contributed by atoms with Crippen molar-refractivity contribution in [2.24, 2.45) is 0 Å². The fraction of sp³-hybridized carbons (Fsp3) is 0.545. The van der Waals surface area contributed by atoms with Crippen LogP contribution in [0.5, 0.6) is 0 Å². The zero-order valence-electron chi connectivity index (χ0n) is 9.80. The van der Waals surface area contributed by atoms with Gasteiger partial charge in [0.15, 0.2) is 0 Å². The molecule has 1 unspecified atom stereocenters. The first kappa shape index (κ1) is 13.0. The maximum absolute atomic E-state index is 11.6. The lowest BCUT2D eigenvalue weighted by Gasteiger charge is -2.22. The van der Waals surface area contributed by atoms with E-state index in [2.05, 4.69) is 5.32 Å². The minimum absolute atomic E-state index is 0.105. The van der Waals surface area contributed by atoms with Crippen LogP contribution in [-0.2, 0) is 0 Å². The Balaban J connectivity index is 2.45. The summed E-state index contributed by atoms with van der Waals surface area (Å²) in [6.07, 6.45) is -0.608. The van der Waals surface area contributed by atoms with E-state index >= 15 is 0 Å². The highest BCUT2D eigenvalue weighted by atomic mass is 32.1. The highest BCUT2D eigenvalue weighted by molar-refractivity contribution is 7.10. The second-order valence-corrected chi connectivity index (χ2v) is 5.00. The van der Waals surface area contributed by atoms with Crippen LogP contribution in [0.25, 0.3) is 0 Å². The molecule has 2 N–H and O–H groups in total. The van der Waals surface area contributed by atoms with Crippen LogP contribution < -0.4 is 5.32 Å². The molecule has 90 valence electrons. The summed E-state index contributed by atoms with van der Waals surface area (Å²) in [4.78, 5) is 13.9. The smallest absolute Gasteiger partial charge is 0.317 e. The van der Waals surface area contributed by atoms with Gasteiger partial charge in [0, 0.05) is 18.0 Å². The number of rotatable bonds is 4. The van der Waals surface area contributed by atoms with Crippen LogP contribution in [0, 0.1) is 0 Å². The molecule has 16 heavy (non-hydrogen) atoms. The number of aliphatic hydroxyl groups excluding tert-OH is 1. The second kappa shape index (κ2) is 5.86. The molecule has 4 nitrogen and oxygen atoms in total. The van der Waals surface area contributed by atoms with E-state index in [9.17, 15) is 9.90 Å². The Labute approximate surface area is 99.9 Å². The van der Waals surface area contributed by atoms with E-state index in [0.717, 1.165) is 4.88 Å². The van der Waals surface area contributed by atoms with E-state index in [4.69, 9.17) is 0 Å². The van der Waals surface area contributed by atoms with Crippen LogP contribution in [0.1, 0.15) is 24.8 Å². The molecule has 0 radical (unpaired) electrons. The summed E-state index contributed by atoms with van der Waals surface area (Å²) in [5.74, 6) is 0. The average molecular weight is 242 g/mol. The fourth-order valence-electron chi connectivity index (χ4n) is 1.27. The first-order valence-corrected chi connectivity index (χ1v) is 6.11. The molecule has 0 fully saturated rings. The van der Waals surface area contributed by atoms with E-state index < -0.39 is 6.10 Å². The molecule has 0 aliphatic carbocycles. The van der Waals surface area contributed by atoms with Gasteiger partial charge in [0.25, 0.3) is 0 Å². The molecule has 0 spiro atoms. The Kier molecular flexibility index (Phi) is 4.76. The van der Waals surface area contributed by atoms with Gasteiger partial charge in [-0.25, -0.2) is 4.79 Å². The van der Waals surface area contributed by atoms with E-state index in [1.807, 2.05) is 31.4 Å². The molecule has 0 aliphatic heterocycles. The van der Waals surface area contributed by atoms with Crippen molar-refractivity contribution < 1.29 is 9.90 Å². The first-order chi connectivity index (χ1) is 7.50. The van der Waals surface area contributed by atoms with Crippen molar-refractivity contribution in [2.45, 2.75) is 26.0 Å². The molecule has 0 saturated carbocycles. The van der Waals surface area contributed by atoms with E-state index in [-0.39, 0.29) is 12.1 Å². The van der Waals surface area contributed by atoms with Crippen LogP contribution in [0.4, 0.5) is 4.79 Å². The summed E-state index contributed by atoms with van der Waals surface area (Å²) in [5, 5.41) is 14.5. The van der Waals surface area contributed by atoms with Gasteiger partial charge in [-0.05, 0) is 25.3 Å². The SMILES string of the molecule is CC(C)NC(=O)N(C)CC(O)c1cccs1. The lowest BCUT2D eigenvalue weighted by Crippen LogP contribution is -2.42. The summed E-state index contributed by atoms with van der Waals surface area (Å²) in [6, 6.07) is 3.69. The Morgan fingerprint density at radius 1 is 1.62 bits per heavy atom. The minimum Gasteiger partial charge on any atom is -0.386 e. The van der Waals surface area contributed by atoms with Gasteiger partial charge in [0.2, 0.25) is 0 Å². The predicted octanol–water partition coefficient (Wildman–Crippen LogP) is 1.83. The number of aliphatic hydroxyl groups is 1. The number of amides is 2. The molecule has 0 saturated heterocycles. The topological polar surface area (TPSA) is 52.6 Å². The minimum atomic E-state index is -0.608. The number of thiophene rings is 1. The molecule has 1 aromatic rings. The lowest BCUT2D eigenvalue weighted by molar-refractivity contribution is 0.133. The number of urea groups is 1. The van der Waals surface area contributed by atoms with Gasteiger partial charge in [-0.3, -0.25) is 0 Å². The molecule has 0 aromatic carbocycles. The Bertz CT molecular complexity index is 325. The van der Waals surface area contributed by atoms with Crippen molar-refractivity contribution in [3.63, 3.8) is 0 Å². The molecule has 0 bridgehead atoms. The Hall–Kier alpha value is -1.07. The van der Waals surface area contributed by atoms with Crippen LogP contribution in [0.15, 0.2) is 17.5 Å². The number of carbonyl (C=O) groups is 1. The zero-order chi connectivity index (χ0) is 12.1. The second-order valence-electron chi connectivity index (χ2n) is 4.02. The van der Waals surface area contributed by atoms with Gasteiger partial charge in [0.05, 0.1) is 6.54 Å². The van der Waals surface area contributed by atoms with Gasteiger partial charge in [-0.15, -0.1) is 11.3 Å². The van der Waals surface area contributed by atoms with E-state index in [1.165, 1.54) is 16.2 Å². The number of hydrogen-bond acceptors (Lipinski definition) is 3. The summed E-state index contributed by atoms with van der Waals surface area (Å²) >= 11 is 1.49. The zero-order valence-corrected chi connectivity index (χ0v) is 10.6. The third-order valence-electron chi connectivity index (χ3n) is 2.08. The highest BCUT2D eigenvalue weighted by Crippen LogP contribution is 2.19. The van der Waals surface area contributed by atoms with Crippen molar-refractivity contribution in [1.29, 1.82) is 0 Å². The molecule has 1 atom stereocenters. The van der Waals surface area contributed by atoms with Gasteiger partial charge < -0.3 is 15.3 Å². The van der Waals surface area contributed by atoms with Crippen LogP contribution in [-0.4, -0.2) is 35.7 Å². The van der Waals surface area contributed by atoms with Gasteiger partial charge in [-0.2, -0.15) is 0 Å². The normalized spacial score (nSPS) is 12.6. The monoisotopic (exact) mass is 242 g/mol. The van der Waals surface area contributed by atoms with Crippen molar-refractivity contribution in [3.8, 4) is 0 Å². The average Bonchev–Trinajstić information content (AvgIpc) is 2.68. The van der Waals surface area contributed by atoms with Crippen molar-refractivity contribution in [1.82, 2.24) is 10.2 Å². The van der Waals surface area contributed by atoms with Crippen LogP contribution >= 0.6 is 11.3 Å². The summed E-state index contributed by atoms with van der Waals surface area (Å²) in [6.45, 7) is 4.11. The molecule has 5 heteroatoms. The summed E-state index contributed by atoms with van der Waals surface area (Å²) in [7, 11) is 1.68. The third kappa shape index (κ3) is 3.83. The molecule has 0 aliphatic rings. The van der Waals surface area contributed by atoms with Crippen molar-refractivity contribution >= 4 is 17.4 Å². The molecule has 1 aromatic heterocycles. The molecule has 2 amide bonds. The maximum Gasteiger partial charge on any atom is 0.317 e. The third-order valence-corrected chi connectivity index (χ3v) is 3.05. The largest absolute Gasteiger partial charge is 0.386 e. The number of hydrogen-bond donors (Lipinski definition) is 2. The Morgan fingerprint density at radius 2 is 2.31 bits per heavy atom. The molecule has 1 heterocycles. The summed E-state index contributed by atoms with van der Waals surface area (Å²) in [5.41, 5.74) is 0. The number of likely N-dealkylation sites (N-methyl/N-ethyl adjacent to an activating group) is 1. The lowest BCUT2D eigenvalue weighted by atomic mass is 10.3. The standard InChI is InChI=1S/C11H18N2O2S/c1-8(2)12-11(15)13(3)7-9(14)10-5-4-6-16-10/h4-6,8-9,14H,7H2,1-3H3,(H,12,15). The fourth-order valence-corrected chi connectivity index (χ4v) is 1.97. The number of carbonyl (C=O) groups excluding carboxylic acids is 1. The molecule has 1 rings (SSSR count). The van der Waals surface area contributed by atoms with Crippen LogP contribution in [0.3, 0.4) is 0 Å². The summed E-state index contributed by atoms with van der Waals surface area (Å²) < 4.78 is 0. The van der Waals surface area contributed by atoms with Gasteiger partial charge >= 0.3 is 6.03 Å². The molecular formula is C11H18N2O2S. The van der Waals surface area contributed by atoms with Gasteiger partial charge in [0.1, 0.15) is 6.10 Å². The Morgan fingerprint density at radius 3 is 2.81 bits per heavy atom. The highest BCUT2D eigenvalue weighted by Gasteiger charge is 2.15. The van der Waals surface area contributed by atoms with Crippen LogP contribution in [0.2, 0.25) is 0 Å². The van der Waals surface area contributed by atoms with E-state index in [1.54, 1.807) is 7.05 Å². The van der Waals surface area contributed by atoms with Gasteiger partial charge in [-0.1, -0.05) is 6.07 Å². The number of nitrogens with one attached hydrogen (secondary N) is 1. The van der Waals surface area contributed by atoms with Crippen molar-refractivity contribution in [3.05, 3.63) is 22.4 Å². The van der Waals surface area contributed by atoms with E-state index in [0.29, 0.717) is 6.54 Å². The first-order valence-electron chi connectivity index (χ1n) is 5.23. The predicted molar refractivity (Wildman–Crippen MR) is 65.6 cm³/mol. The van der Waals surface area contributed by atoms with Crippen molar-refractivity contribution in [2.75, 3.05) is 13.6 Å². The molecular weight excluding hydrogens is 224 g/mol. The number of nitrogens with zero attached hydrogens (tertiary/aromatic N) is 1. The quantitative estimate of drug-likeness (QED) is 0.846. The maximum atomic E-state index is 11.6.